The van der Waals surface area contributed by atoms with E-state index in [0.29, 0.717) is 12.6 Å². The van der Waals surface area contributed by atoms with Gasteiger partial charge in [0.1, 0.15) is 5.76 Å². The summed E-state index contributed by atoms with van der Waals surface area (Å²) in [5.41, 5.74) is 4.81. The molecule has 0 bridgehead atoms. The highest BCUT2D eigenvalue weighted by molar-refractivity contribution is 5.80. The molecule has 1 aromatic heterocycles. The van der Waals surface area contributed by atoms with Crippen LogP contribution in [0.2, 0.25) is 0 Å². The Kier molecular flexibility index (Phi) is 4.75. The number of nitrogens with one attached hydrogen (secondary N) is 1. The molecule has 17 heavy (non-hydrogen) atoms. The van der Waals surface area contributed by atoms with Gasteiger partial charge >= 0.3 is 0 Å². The summed E-state index contributed by atoms with van der Waals surface area (Å²) in [6, 6.07) is 4.20. The number of primary amides is 1. The molecule has 3 N–H and O–H groups in total. The van der Waals surface area contributed by atoms with Crippen LogP contribution in [0.15, 0.2) is 22.8 Å². The van der Waals surface area contributed by atoms with Crippen molar-refractivity contribution >= 4 is 5.91 Å². The normalized spacial score (nSPS) is 13.6. The molecule has 4 nitrogen and oxygen atoms in total. The third-order valence-electron chi connectivity index (χ3n) is 2.96. The van der Waals surface area contributed by atoms with Gasteiger partial charge in [0.05, 0.1) is 11.7 Å². The van der Waals surface area contributed by atoms with Crippen molar-refractivity contribution < 1.29 is 9.21 Å². The van der Waals surface area contributed by atoms with E-state index in [1.807, 2.05) is 26.0 Å². The smallest absolute Gasteiger partial charge is 0.224 e. The highest BCUT2D eigenvalue weighted by Crippen LogP contribution is 2.13. The average Bonchev–Trinajstić information content (AvgIpc) is 2.76. The summed E-state index contributed by atoms with van der Waals surface area (Å²) in [7, 11) is 0. The minimum absolute atomic E-state index is 0.275. The summed E-state index contributed by atoms with van der Waals surface area (Å²) in [5, 5.41) is 3.32. The molecule has 1 unspecified atom stereocenters. The first-order chi connectivity index (χ1) is 7.92. The predicted molar refractivity (Wildman–Crippen MR) is 67.5 cm³/mol. The highest BCUT2D eigenvalue weighted by Gasteiger charge is 2.24. The van der Waals surface area contributed by atoms with Crippen molar-refractivity contribution in [3.8, 4) is 0 Å². The van der Waals surface area contributed by atoms with Crippen LogP contribution in [-0.2, 0) is 11.2 Å². The maximum atomic E-state index is 11.1. The Labute approximate surface area is 103 Å². The molecule has 0 aliphatic rings. The van der Waals surface area contributed by atoms with Gasteiger partial charge in [-0.25, -0.2) is 0 Å². The van der Waals surface area contributed by atoms with Crippen molar-refractivity contribution in [1.29, 1.82) is 0 Å². The van der Waals surface area contributed by atoms with Gasteiger partial charge in [-0.05, 0) is 39.3 Å². The topological polar surface area (TPSA) is 68.3 Å². The van der Waals surface area contributed by atoms with Gasteiger partial charge in [0.2, 0.25) is 5.91 Å². The first-order valence-electron chi connectivity index (χ1n) is 5.97. The molecule has 0 saturated carbocycles. The van der Waals surface area contributed by atoms with E-state index < -0.39 is 5.41 Å². The summed E-state index contributed by atoms with van der Waals surface area (Å²) in [5.74, 6) is 0.719. The number of hydrogen-bond donors (Lipinski definition) is 2. The number of amides is 1. The van der Waals surface area contributed by atoms with Crippen LogP contribution in [0.4, 0.5) is 0 Å². The Morgan fingerprint density at radius 3 is 2.82 bits per heavy atom. The second kappa shape index (κ2) is 5.87. The summed E-state index contributed by atoms with van der Waals surface area (Å²) in [4.78, 5) is 11.1. The molecule has 1 atom stereocenters. The van der Waals surface area contributed by atoms with Crippen LogP contribution >= 0.6 is 0 Å². The number of rotatable bonds is 7. The molecule has 0 fully saturated rings. The lowest BCUT2D eigenvalue weighted by Gasteiger charge is -2.23. The first-order valence-corrected chi connectivity index (χ1v) is 5.97. The van der Waals surface area contributed by atoms with Gasteiger partial charge < -0.3 is 15.5 Å². The largest absolute Gasteiger partial charge is 0.469 e. The molecule has 0 spiro atoms. The lowest BCUT2D eigenvalue weighted by atomic mass is 9.92. The van der Waals surface area contributed by atoms with E-state index in [4.69, 9.17) is 10.2 Å². The van der Waals surface area contributed by atoms with Gasteiger partial charge in [-0.2, -0.15) is 0 Å². The SMILES string of the molecule is CC(CCc1ccco1)NCC(C)(C)C(N)=O. The van der Waals surface area contributed by atoms with E-state index in [1.165, 1.54) is 0 Å². The van der Waals surface area contributed by atoms with Crippen LogP contribution in [0, 0.1) is 5.41 Å². The highest BCUT2D eigenvalue weighted by atomic mass is 16.3. The number of aryl methyl sites for hydroxylation is 1. The Balaban J connectivity index is 2.26. The third kappa shape index (κ3) is 4.61. The van der Waals surface area contributed by atoms with Crippen molar-refractivity contribution in [2.45, 2.75) is 39.7 Å². The maximum Gasteiger partial charge on any atom is 0.224 e. The quantitative estimate of drug-likeness (QED) is 0.759. The monoisotopic (exact) mass is 238 g/mol. The van der Waals surface area contributed by atoms with Crippen molar-refractivity contribution in [2.24, 2.45) is 11.1 Å². The van der Waals surface area contributed by atoms with Crippen LogP contribution in [-0.4, -0.2) is 18.5 Å². The Bertz CT molecular complexity index is 344. The van der Waals surface area contributed by atoms with Gasteiger partial charge in [-0.3, -0.25) is 4.79 Å². The third-order valence-corrected chi connectivity index (χ3v) is 2.96. The van der Waals surface area contributed by atoms with E-state index in [-0.39, 0.29) is 5.91 Å². The fourth-order valence-corrected chi connectivity index (χ4v) is 1.43. The Morgan fingerprint density at radius 2 is 2.29 bits per heavy atom. The second-order valence-electron chi connectivity index (χ2n) is 5.15. The summed E-state index contributed by atoms with van der Waals surface area (Å²) in [6.07, 6.45) is 3.56. The number of furan rings is 1. The van der Waals surface area contributed by atoms with Crippen LogP contribution < -0.4 is 11.1 Å². The molecule has 0 aliphatic heterocycles. The Morgan fingerprint density at radius 1 is 1.59 bits per heavy atom. The standard InChI is InChI=1S/C13H22N2O2/c1-10(6-7-11-5-4-8-17-11)15-9-13(2,3)12(14)16/h4-5,8,10,15H,6-7,9H2,1-3H3,(H2,14,16). The van der Waals surface area contributed by atoms with E-state index in [2.05, 4.69) is 12.2 Å². The zero-order valence-electron chi connectivity index (χ0n) is 10.8. The molecule has 1 rings (SSSR count). The number of nitrogens with two attached hydrogens (primary N) is 1. The minimum Gasteiger partial charge on any atom is -0.469 e. The van der Waals surface area contributed by atoms with Gasteiger partial charge in [-0.15, -0.1) is 0 Å². The molecule has 0 aliphatic carbocycles. The first kappa shape index (κ1) is 13.8. The van der Waals surface area contributed by atoms with Crippen molar-refractivity contribution in [3.63, 3.8) is 0 Å². The molecule has 96 valence electrons. The fourth-order valence-electron chi connectivity index (χ4n) is 1.43. The van der Waals surface area contributed by atoms with E-state index >= 15 is 0 Å². The van der Waals surface area contributed by atoms with Crippen molar-refractivity contribution in [1.82, 2.24) is 5.32 Å². The molecule has 0 aromatic carbocycles. The number of carbonyl (C=O) groups excluding carboxylic acids is 1. The number of carbonyl (C=O) groups is 1. The molecule has 1 aromatic rings. The Hall–Kier alpha value is -1.29. The number of hydrogen-bond acceptors (Lipinski definition) is 3. The fraction of sp³-hybridized carbons (Fsp3) is 0.615. The summed E-state index contributed by atoms with van der Waals surface area (Å²) >= 11 is 0. The van der Waals surface area contributed by atoms with Gasteiger partial charge in [-0.1, -0.05) is 0 Å². The molecule has 0 radical (unpaired) electrons. The van der Waals surface area contributed by atoms with Gasteiger partial charge in [0, 0.05) is 19.0 Å². The zero-order valence-corrected chi connectivity index (χ0v) is 10.8. The molecular formula is C13H22N2O2. The van der Waals surface area contributed by atoms with Crippen molar-refractivity contribution in [3.05, 3.63) is 24.2 Å². The minimum atomic E-state index is -0.501. The zero-order chi connectivity index (χ0) is 12.9. The van der Waals surface area contributed by atoms with E-state index in [0.717, 1.165) is 18.6 Å². The van der Waals surface area contributed by atoms with Gasteiger partial charge in [0.15, 0.2) is 0 Å². The van der Waals surface area contributed by atoms with E-state index in [1.54, 1.807) is 6.26 Å². The maximum absolute atomic E-state index is 11.1. The van der Waals surface area contributed by atoms with Crippen LogP contribution in [0.3, 0.4) is 0 Å². The molecule has 1 amide bonds. The van der Waals surface area contributed by atoms with Crippen LogP contribution in [0.5, 0.6) is 0 Å². The molecule has 1 heterocycles. The lowest BCUT2D eigenvalue weighted by Crippen LogP contribution is -2.43. The van der Waals surface area contributed by atoms with Gasteiger partial charge in [0.25, 0.3) is 0 Å². The molecular weight excluding hydrogens is 216 g/mol. The molecule has 0 saturated heterocycles. The average molecular weight is 238 g/mol. The van der Waals surface area contributed by atoms with Crippen LogP contribution in [0.1, 0.15) is 33.0 Å². The lowest BCUT2D eigenvalue weighted by molar-refractivity contribution is -0.125. The molecule has 4 heteroatoms. The summed E-state index contributed by atoms with van der Waals surface area (Å²) in [6.45, 7) is 6.39. The van der Waals surface area contributed by atoms with Crippen molar-refractivity contribution in [2.75, 3.05) is 6.54 Å². The van der Waals surface area contributed by atoms with Crippen LogP contribution in [0.25, 0.3) is 0 Å². The second-order valence-corrected chi connectivity index (χ2v) is 5.15. The van der Waals surface area contributed by atoms with E-state index in [9.17, 15) is 4.79 Å². The predicted octanol–water partition coefficient (Wildman–Crippen LogP) is 1.70. The summed E-state index contributed by atoms with van der Waals surface area (Å²) < 4.78 is 5.27.